The Labute approximate surface area is 110 Å². The summed E-state index contributed by atoms with van der Waals surface area (Å²) < 4.78 is 5.49. The fourth-order valence-corrected chi connectivity index (χ4v) is 2.23. The number of aliphatic hydroxyl groups is 1. The van der Waals surface area contributed by atoms with Crippen LogP contribution in [-0.4, -0.2) is 15.3 Å². The zero-order chi connectivity index (χ0) is 12.8. The van der Waals surface area contributed by atoms with Gasteiger partial charge in [0.2, 0.25) is 5.89 Å². The Balaban J connectivity index is 1.89. The lowest BCUT2D eigenvalue weighted by Gasteiger charge is -2.00. The van der Waals surface area contributed by atoms with Crippen molar-refractivity contribution < 1.29 is 9.52 Å². The number of benzene rings is 1. The van der Waals surface area contributed by atoms with Gasteiger partial charge in [0.05, 0.1) is 6.61 Å². The maximum absolute atomic E-state index is 8.95. The molecule has 1 aromatic heterocycles. The van der Waals surface area contributed by atoms with Crippen LogP contribution in [0.5, 0.6) is 0 Å². The van der Waals surface area contributed by atoms with Crippen molar-refractivity contribution in [3.05, 3.63) is 41.3 Å². The predicted molar refractivity (Wildman–Crippen MR) is 70.2 cm³/mol. The van der Waals surface area contributed by atoms with E-state index < -0.39 is 0 Å². The van der Waals surface area contributed by atoms with E-state index >= 15 is 0 Å². The van der Waals surface area contributed by atoms with Gasteiger partial charge in [0, 0.05) is 12.2 Å². The topological polar surface area (TPSA) is 59.2 Å². The lowest BCUT2D eigenvalue weighted by Crippen LogP contribution is -1.85. The molecule has 0 fully saturated rings. The van der Waals surface area contributed by atoms with E-state index in [1.807, 2.05) is 24.3 Å². The molecule has 96 valence electrons. The molecule has 0 aliphatic heterocycles. The van der Waals surface area contributed by atoms with Crippen LogP contribution < -0.4 is 0 Å². The van der Waals surface area contributed by atoms with Gasteiger partial charge < -0.3 is 9.52 Å². The zero-order valence-electron chi connectivity index (χ0n) is 10.3. The highest BCUT2D eigenvalue weighted by atomic mass is 32.2. The standard InChI is InChI=1S/C13H16N2O2S/c1-2-3-12-14-15-13(17-12)18-9-11-6-4-10(8-16)5-7-11/h4-7,16H,2-3,8-9H2,1H3. The summed E-state index contributed by atoms with van der Waals surface area (Å²) in [6.07, 6.45) is 1.84. The van der Waals surface area contributed by atoms with Gasteiger partial charge in [0.15, 0.2) is 0 Å². The lowest BCUT2D eigenvalue weighted by molar-refractivity contribution is 0.282. The highest BCUT2D eigenvalue weighted by Crippen LogP contribution is 2.21. The number of rotatable bonds is 6. The molecule has 18 heavy (non-hydrogen) atoms. The Kier molecular flexibility index (Phi) is 4.78. The van der Waals surface area contributed by atoms with Gasteiger partial charge in [-0.1, -0.05) is 43.0 Å². The summed E-state index contributed by atoms with van der Waals surface area (Å²) in [6, 6.07) is 7.85. The minimum absolute atomic E-state index is 0.0808. The SMILES string of the molecule is CCCc1nnc(SCc2ccc(CO)cc2)o1. The fourth-order valence-electron chi connectivity index (χ4n) is 1.50. The van der Waals surface area contributed by atoms with Gasteiger partial charge in [-0.05, 0) is 17.5 Å². The van der Waals surface area contributed by atoms with Gasteiger partial charge in [-0.3, -0.25) is 0 Å². The molecule has 0 aliphatic carbocycles. The quantitative estimate of drug-likeness (QED) is 0.813. The first-order valence-electron chi connectivity index (χ1n) is 5.95. The van der Waals surface area contributed by atoms with Crippen LogP contribution in [0.25, 0.3) is 0 Å². The maximum Gasteiger partial charge on any atom is 0.276 e. The summed E-state index contributed by atoms with van der Waals surface area (Å²) in [4.78, 5) is 0. The number of aryl methyl sites for hydroxylation is 1. The largest absolute Gasteiger partial charge is 0.416 e. The van der Waals surface area contributed by atoms with E-state index in [4.69, 9.17) is 9.52 Å². The molecule has 0 atom stereocenters. The fraction of sp³-hybridized carbons (Fsp3) is 0.385. The highest BCUT2D eigenvalue weighted by Gasteiger charge is 2.06. The van der Waals surface area contributed by atoms with E-state index in [1.54, 1.807) is 0 Å². The smallest absolute Gasteiger partial charge is 0.276 e. The van der Waals surface area contributed by atoms with Crippen LogP contribution in [0.15, 0.2) is 33.9 Å². The van der Waals surface area contributed by atoms with E-state index in [9.17, 15) is 0 Å². The summed E-state index contributed by atoms with van der Waals surface area (Å²) in [5.41, 5.74) is 2.10. The average Bonchev–Trinajstić information content (AvgIpc) is 2.85. The number of aliphatic hydroxyl groups excluding tert-OH is 1. The van der Waals surface area contributed by atoms with Crippen LogP contribution in [0.4, 0.5) is 0 Å². The second kappa shape index (κ2) is 6.56. The molecule has 2 rings (SSSR count). The molecule has 0 saturated heterocycles. The molecule has 0 spiro atoms. The molecule has 5 heteroatoms. The van der Waals surface area contributed by atoms with Crippen LogP contribution >= 0.6 is 11.8 Å². The molecule has 0 radical (unpaired) electrons. The second-order valence-corrected chi connectivity index (χ2v) is 4.90. The number of thioether (sulfide) groups is 1. The Morgan fingerprint density at radius 2 is 1.89 bits per heavy atom. The first-order chi connectivity index (χ1) is 8.81. The van der Waals surface area contributed by atoms with Crippen molar-refractivity contribution >= 4 is 11.8 Å². The first kappa shape index (κ1) is 13.1. The summed E-state index contributed by atoms with van der Waals surface area (Å²) in [5.74, 6) is 1.50. The van der Waals surface area contributed by atoms with Gasteiger partial charge >= 0.3 is 0 Å². The van der Waals surface area contributed by atoms with Crippen LogP contribution in [0.3, 0.4) is 0 Å². The molecule has 0 unspecified atom stereocenters. The van der Waals surface area contributed by atoms with Crippen molar-refractivity contribution in [3.63, 3.8) is 0 Å². The lowest BCUT2D eigenvalue weighted by atomic mass is 10.2. The van der Waals surface area contributed by atoms with Crippen LogP contribution in [0.2, 0.25) is 0 Å². The van der Waals surface area contributed by atoms with E-state index in [-0.39, 0.29) is 6.61 Å². The second-order valence-electron chi connectivity index (χ2n) is 3.97. The third-order valence-corrected chi connectivity index (χ3v) is 3.37. The normalized spacial score (nSPS) is 10.8. The molecule has 2 aromatic rings. The molecular formula is C13H16N2O2S. The predicted octanol–water partition coefficient (Wildman–Crippen LogP) is 2.81. The van der Waals surface area contributed by atoms with Gasteiger partial charge in [0.1, 0.15) is 0 Å². The average molecular weight is 264 g/mol. The van der Waals surface area contributed by atoms with Crippen LogP contribution in [0, 0.1) is 0 Å². The molecule has 0 bridgehead atoms. The third-order valence-electron chi connectivity index (χ3n) is 2.48. The molecular weight excluding hydrogens is 248 g/mol. The summed E-state index contributed by atoms with van der Waals surface area (Å²) >= 11 is 1.53. The minimum atomic E-state index is 0.0808. The number of aromatic nitrogens is 2. The first-order valence-corrected chi connectivity index (χ1v) is 6.94. The maximum atomic E-state index is 8.95. The summed E-state index contributed by atoms with van der Waals surface area (Å²) in [7, 11) is 0. The van der Waals surface area contributed by atoms with Crippen molar-refractivity contribution in [3.8, 4) is 0 Å². The van der Waals surface area contributed by atoms with E-state index in [1.165, 1.54) is 17.3 Å². The Morgan fingerprint density at radius 3 is 2.56 bits per heavy atom. The van der Waals surface area contributed by atoms with Crippen molar-refractivity contribution in [2.75, 3.05) is 0 Å². The molecule has 0 saturated carbocycles. The Bertz CT molecular complexity index is 482. The van der Waals surface area contributed by atoms with Gasteiger partial charge in [-0.15, -0.1) is 10.2 Å². The molecule has 1 N–H and O–H groups in total. The Hall–Kier alpha value is -1.33. The summed E-state index contributed by atoms with van der Waals surface area (Å²) in [5, 5.41) is 17.5. The van der Waals surface area contributed by atoms with Gasteiger partial charge in [-0.2, -0.15) is 0 Å². The van der Waals surface area contributed by atoms with Gasteiger partial charge in [0.25, 0.3) is 5.22 Å². The van der Waals surface area contributed by atoms with Crippen molar-refractivity contribution in [2.45, 2.75) is 37.3 Å². The highest BCUT2D eigenvalue weighted by molar-refractivity contribution is 7.98. The molecule has 4 nitrogen and oxygen atoms in total. The molecule has 0 aliphatic rings. The Morgan fingerprint density at radius 1 is 1.17 bits per heavy atom. The minimum Gasteiger partial charge on any atom is -0.416 e. The molecule has 1 heterocycles. The van der Waals surface area contributed by atoms with Crippen LogP contribution in [-0.2, 0) is 18.8 Å². The van der Waals surface area contributed by atoms with Crippen molar-refractivity contribution in [1.29, 1.82) is 0 Å². The number of nitrogens with zero attached hydrogens (tertiary/aromatic N) is 2. The monoisotopic (exact) mass is 264 g/mol. The summed E-state index contributed by atoms with van der Waals surface area (Å²) in [6.45, 7) is 2.16. The van der Waals surface area contributed by atoms with Crippen molar-refractivity contribution in [1.82, 2.24) is 10.2 Å². The van der Waals surface area contributed by atoms with Gasteiger partial charge in [-0.25, -0.2) is 0 Å². The number of hydrogen-bond acceptors (Lipinski definition) is 5. The molecule has 0 amide bonds. The third kappa shape index (κ3) is 3.58. The zero-order valence-corrected chi connectivity index (χ0v) is 11.1. The van der Waals surface area contributed by atoms with E-state index in [2.05, 4.69) is 17.1 Å². The van der Waals surface area contributed by atoms with Crippen molar-refractivity contribution in [2.24, 2.45) is 0 Å². The number of hydrogen-bond donors (Lipinski definition) is 1. The molecule has 1 aromatic carbocycles. The van der Waals surface area contributed by atoms with E-state index in [0.717, 1.165) is 24.2 Å². The van der Waals surface area contributed by atoms with E-state index in [0.29, 0.717) is 11.1 Å². The van der Waals surface area contributed by atoms with Crippen LogP contribution in [0.1, 0.15) is 30.4 Å².